The molecule has 0 aromatic heterocycles. The van der Waals surface area contributed by atoms with Crippen LogP contribution in [-0.4, -0.2) is 8.42 Å². The number of hydrogen-bond donors (Lipinski definition) is 1. The number of hydrogen-bond acceptors (Lipinski definition) is 2. The number of sulfonamides is 1. The molecule has 2 aromatic rings. The third-order valence-corrected chi connectivity index (χ3v) is 4.12. The van der Waals surface area contributed by atoms with Crippen LogP contribution in [0.1, 0.15) is 11.1 Å². The topological polar surface area (TPSA) is 46.2 Å². The molecule has 2 aromatic carbocycles. The zero-order valence-electron chi connectivity index (χ0n) is 11.5. The fraction of sp³-hybridized carbons (Fsp3) is 0.0667. The maximum absolute atomic E-state index is 12.8. The Bertz CT molecular complexity index is 818. The quantitative estimate of drug-likeness (QED) is 0.852. The summed E-state index contributed by atoms with van der Waals surface area (Å²) >= 11 is 5.48. The Morgan fingerprint density at radius 1 is 1.04 bits per heavy atom. The minimum atomic E-state index is -4.67. The molecule has 0 amide bonds. The molecule has 1 N–H and O–H groups in total. The Morgan fingerprint density at radius 3 is 2.30 bits per heavy atom. The van der Waals surface area contributed by atoms with E-state index in [0.717, 1.165) is 17.5 Å². The maximum atomic E-state index is 12.8. The lowest BCUT2D eigenvalue weighted by Crippen LogP contribution is -2.11. The molecule has 0 atom stereocenters. The van der Waals surface area contributed by atoms with Crippen molar-refractivity contribution >= 4 is 33.4 Å². The SMILES string of the molecule is O=S(=O)(C=Cc1ccccc1)Nc1ccc(Cl)c(C(F)(F)F)c1. The minimum absolute atomic E-state index is 0.223. The van der Waals surface area contributed by atoms with Gasteiger partial charge in [0.25, 0.3) is 10.0 Å². The van der Waals surface area contributed by atoms with E-state index >= 15 is 0 Å². The highest BCUT2D eigenvalue weighted by Gasteiger charge is 2.33. The van der Waals surface area contributed by atoms with E-state index in [1.54, 1.807) is 30.3 Å². The number of nitrogens with one attached hydrogen (secondary N) is 1. The molecule has 0 aliphatic heterocycles. The first-order valence-electron chi connectivity index (χ1n) is 6.30. The first-order chi connectivity index (χ1) is 10.7. The van der Waals surface area contributed by atoms with E-state index < -0.39 is 26.8 Å². The van der Waals surface area contributed by atoms with Crippen LogP contribution in [0.4, 0.5) is 18.9 Å². The molecule has 0 saturated heterocycles. The van der Waals surface area contributed by atoms with Gasteiger partial charge in [0.15, 0.2) is 0 Å². The van der Waals surface area contributed by atoms with Crippen molar-refractivity contribution in [2.75, 3.05) is 4.72 Å². The smallest absolute Gasteiger partial charge is 0.280 e. The predicted octanol–water partition coefficient (Wildman–Crippen LogP) is 4.77. The van der Waals surface area contributed by atoms with Crippen LogP contribution >= 0.6 is 11.6 Å². The predicted molar refractivity (Wildman–Crippen MR) is 84.5 cm³/mol. The normalized spacial score (nSPS) is 12.5. The Labute approximate surface area is 136 Å². The lowest BCUT2D eigenvalue weighted by molar-refractivity contribution is -0.137. The minimum Gasteiger partial charge on any atom is -0.280 e. The van der Waals surface area contributed by atoms with Crippen molar-refractivity contribution < 1.29 is 21.6 Å². The standard InChI is InChI=1S/C15H11ClF3NO2S/c16-14-7-6-12(10-13(14)15(17,18)19)20-23(21,22)9-8-11-4-2-1-3-5-11/h1-10,20H. The van der Waals surface area contributed by atoms with E-state index in [-0.39, 0.29) is 5.69 Å². The molecule has 0 aliphatic carbocycles. The third-order valence-electron chi connectivity index (χ3n) is 2.77. The summed E-state index contributed by atoms with van der Waals surface area (Å²) < 4.78 is 64.1. The molecule has 0 aliphatic rings. The Kier molecular flexibility index (Phi) is 5.01. The second kappa shape index (κ2) is 6.64. The van der Waals surface area contributed by atoms with Gasteiger partial charge in [-0.25, -0.2) is 8.42 Å². The summed E-state index contributed by atoms with van der Waals surface area (Å²) in [6.45, 7) is 0. The van der Waals surface area contributed by atoms with Crippen LogP contribution in [0.15, 0.2) is 53.9 Å². The summed E-state index contributed by atoms with van der Waals surface area (Å²) in [4.78, 5) is 0. The first-order valence-corrected chi connectivity index (χ1v) is 8.22. The molecule has 0 spiro atoms. The molecule has 2 rings (SSSR count). The molecule has 23 heavy (non-hydrogen) atoms. The van der Waals surface area contributed by atoms with Gasteiger partial charge in [-0.05, 0) is 29.8 Å². The molecular weight excluding hydrogens is 351 g/mol. The van der Waals surface area contributed by atoms with E-state index in [0.29, 0.717) is 11.6 Å². The second-order valence-electron chi connectivity index (χ2n) is 4.55. The van der Waals surface area contributed by atoms with Crippen molar-refractivity contribution in [3.05, 3.63) is 70.1 Å². The molecule has 8 heteroatoms. The van der Waals surface area contributed by atoms with Gasteiger partial charge in [-0.2, -0.15) is 13.2 Å². The van der Waals surface area contributed by atoms with Crippen LogP contribution in [-0.2, 0) is 16.2 Å². The van der Waals surface area contributed by atoms with Crippen molar-refractivity contribution in [1.29, 1.82) is 0 Å². The van der Waals surface area contributed by atoms with Gasteiger partial charge in [0.1, 0.15) is 0 Å². The van der Waals surface area contributed by atoms with Crippen LogP contribution in [0.3, 0.4) is 0 Å². The van der Waals surface area contributed by atoms with E-state index in [1.807, 2.05) is 0 Å². The highest BCUT2D eigenvalue weighted by Crippen LogP contribution is 2.36. The molecule has 122 valence electrons. The fourth-order valence-electron chi connectivity index (χ4n) is 1.74. The Balaban J connectivity index is 2.23. The third kappa shape index (κ3) is 5.01. The largest absolute Gasteiger partial charge is 0.417 e. The van der Waals surface area contributed by atoms with Gasteiger partial charge in [0.2, 0.25) is 0 Å². The average molecular weight is 362 g/mol. The van der Waals surface area contributed by atoms with Crippen LogP contribution in [0.2, 0.25) is 5.02 Å². The van der Waals surface area contributed by atoms with Crippen LogP contribution in [0.25, 0.3) is 6.08 Å². The molecule has 3 nitrogen and oxygen atoms in total. The maximum Gasteiger partial charge on any atom is 0.417 e. The molecular formula is C15H11ClF3NO2S. The number of anilines is 1. The van der Waals surface area contributed by atoms with Crippen molar-refractivity contribution in [2.24, 2.45) is 0 Å². The summed E-state index contributed by atoms with van der Waals surface area (Å²) in [5.74, 6) is 0. The van der Waals surface area contributed by atoms with Crippen molar-refractivity contribution in [3.8, 4) is 0 Å². The fourth-order valence-corrected chi connectivity index (χ4v) is 2.82. The van der Waals surface area contributed by atoms with Crippen LogP contribution < -0.4 is 4.72 Å². The Morgan fingerprint density at radius 2 is 1.70 bits per heavy atom. The summed E-state index contributed by atoms with van der Waals surface area (Å²) in [5.41, 5.74) is -0.684. The monoisotopic (exact) mass is 361 g/mol. The van der Waals surface area contributed by atoms with E-state index in [1.165, 1.54) is 6.08 Å². The van der Waals surface area contributed by atoms with E-state index in [4.69, 9.17) is 11.6 Å². The van der Waals surface area contributed by atoms with Crippen molar-refractivity contribution in [2.45, 2.75) is 6.18 Å². The summed E-state index contributed by atoms with van der Waals surface area (Å²) in [5, 5.41) is 0.379. The zero-order valence-corrected chi connectivity index (χ0v) is 13.1. The lowest BCUT2D eigenvalue weighted by atomic mass is 10.2. The number of benzene rings is 2. The van der Waals surface area contributed by atoms with Gasteiger partial charge in [0, 0.05) is 5.69 Å². The van der Waals surface area contributed by atoms with Crippen LogP contribution in [0.5, 0.6) is 0 Å². The molecule has 0 radical (unpaired) electrons. The highest BCUT2D eigenvalue weighted by molar-refractivity contribution is 7.95. The molecule has 0 unspecified atom stereocenters. The van der Waals surface area contributed by atoms with Crippen molar-refractivity contribution in [1.82, 2.24) is 0 Å². The van der Waals surface area contributed by atoms with Gasteiger partial charge in [-0.3, -0.25) is 4.72 Å². The number of alkyl halides is 3. The number of rotatable bonds is 4. The van der Waals surface area contributed by atoms with Gasteiger partial charge in [-0.15, -0.1) is 0 Å². The zero-order chi connectivity index (χ0) is 17.1. The molecule has 0 saturated carbocycles. The first kappa shape index (κ1) is 17.4. The Hall–Kier alpha value is -1.99. The van der Waals surface area contributed by atoms with Crippen molar-refractivity contribution in [3.63, 3.8) is 0 Å². The second-order valence-corrected chi connectivity index (χ2v) is 6.53. The van der Waals surface area contributed by atoms with Gasteiger partial charge in [-0.1, -0.05) is 41.9 Å². The molecule has 0 fully saturated rings. The van der Waals surface area contributed by atoms with Crippen LogP contribution in [0, 0.1) is 0 Å². The summed E-state index contributed by atoms with van der Waals surface area (Å²) in [6.07, 6.45) is -3.33. The van der Waals surface area contributed by atoms with E-state index in [9.17, 15) is 21.6 Å². The molecule has 0 heterocycles. The van der Waals surface area contributed by atoms with Gasteiger partial charge < -0.3 is 0 Å². The van der Waals surface area contributed by atoms with Gasteiger partial charge >= 0.3 is 6.18 Å². The highest BCUT2D eigenvalue weighted by atomic mass is 35.5. The lowest BCUT2D eigenvalue weighted by Gasteiger charge is -2.11. The summed E-state index contributed by atoms with van der Waals surface area (Å²) in [7, 11) is -3.95. The average Bonchev–Trinajstić information content (AvgIpc) is 2.47. The van der Waals surface area contributed by atoms with Gasteiger partial charge in [0.05, 0.1) is 16.0 Å². The van der Waals surface area contributed by atoms with E-state index in [2.05, 4.69) is 4.72 Å². The molecule has 0 bridgehead atoms. The number of halogens is 4. The summed E-state index contributed by atoms with van der Waals surface area (Å²) in [6, 6.07) is 11.4.